The number of carboxylic acid groups (broad SMARTS) is 1. The van der Waals surface area contributed by atoms with Gasteiger partial charge in [0, 0.05) is 11.6 Å². The predicted molar refractivity (Wildman–Crippen MR) is 62.8 cm³/mol. The van der Waals surface area contributed by atoms with E-state index in [9.17, 15) is 19.4 Å². The molecule has 0 atom stereocenters. The van der Waals surface area contributed by atoms with Gasteiger partial charge in [0.25, 0.3) is 0 Å². The van der Waals surface area contributed by atoms with Crippen LogP contribution in [0, 0.1) is 5.82 Å². The number of aliphatic carboxylic acids is 1. The quantitative estimate of drug-likeness (QED) is 0.889. The number of aromatic hydroxyl groups is 1. The van der Waals surface area contributed by atoms with Crippen LogP contribution < -0.4 is 4.74 Å². The molecular formula is C12H12ClFO4. The Morgan fingerprint density at radius 3 is 2.56 bits per heavy atom. The number of carbonyl (C=O) groups is 1. The summed E-state index contributed by atoms with van der Waals surface area (Å²) >= 11 is 5.86. The number of hydrogen-bond acceptors (Lipinski definition) is 3. The lowest BCUT2D eigenvalue weighted by atomic mass is 9.64. The van der Waals surface area contributed by atoms with E-state index in [-0.39, 0.29) is 16.3 Å². The van der Waals surface area contributed by atoms with Crippen LogP contribution in [-0.4, -0.2) is 23.3 Å². The Kier molecular flexibility index (Phi) is 3.11. The fourth-order valence-electron chi connectivity index (χ4n) is 2.33. The Labute approximate surface area is 108 Å². The van der Waals surface area contributed by atoms with Gasteiger partial charge in [-0.25, -0.2) is 4.39 Å². The minimum Gasteiger partial charge on any atom is -0.504 e. The molecule has 1 fully saturated rings. The van der Waals surface area contributed by atoms with Gasteiger partial charge in [-0.3, -0.25) is 4.79 Å². The smallest absolute Gasteiger partial charge is 0.314 e. The maximum Gasteiger partial charge on any atom is 0.314 e. The summed E-state index contributed by atoms with van der Waals surface area (Å²) in [5.74, 6) is -2.44. The number of rotatable bonds is 3. The molecule has 1 saturated carbocycles. The van der Waals surface area contributed by atoms with Crippen molar-refractivity contribution >= 4 is 17.6 Å². The lowest BCUT2D eigenvalue weighted by Gasteiger charge is -2.39. The van der Waals surface area contributed by atoms with Crippen molar-refractivity contribution in [1.82, 2.24) is 0 Å². The first-order valence-electron chi connectivity index (χ1n) is 5.43. The summed E-state index contributed by atoms with van der Waals surface area (Å²) in [4.78, 5) is 11.4. The maximum atomic E-state index is 13.6. The van der Waals surface area contributed by atoms with Crippen molar-refractivity contribution in [2.45, 2.75) is 24.7 Å². The molecule has 0 spiro atoms. The van der Waals surface area contributed by atoms with E-state index in [1.807, 2.05) is 0 Å². The summed E-state index contributed by atoms with van der Waals surface area (Å²) in [6.45, 7) is 0. The van der Waals surface area contributed by atoms with Gasteiger partial charge in [-0.15, -0.1) is 0 Å². The SMILES string of the molecule is COc1c(O)cc(F)c(Cl)c1C1(C(=O)O)CCC1. The molecule has 0 saturated heterocycles. The van der Waals surface area contributed by atoms with Gasteiger partial charge < -0.3 is 14.9 Å². The van der Waals surface area contributed by atoms with E-state index in [2.05, 4.69) is 0 Å². The van der Waals surface area contributed by atoms with Crippen LogP contribution in [0.5, 0.6) is 11.5 Å². The first-order chi connectivity index (χ1) is 8.44. The van der Waals surface area contributed by atoms with E-state index in [1.54, 1.807) is 0 Å². The second-order valence-electron chi connectivity index (χ2n) is 4.34. The number of benzene rings is 1. The summed E-state index contributed by atoms with van der Waals surface area (Å²) in [5.41, 5.74) is -1.23. The topological polar surface area (TPSA) is 66.8 Å². The number of hydrogen-bond donors (Lipinski definition) is 2. The van der Waals surface area contributed by atoms with Crippen molar-refractivity contribution < 1.29 is 24.1 Å². The molecule has 0 bridgehead atoms. The summed E-state index contributed by atoms with van der Waals surface area (Å²) in [7, 11) is 1.28. The Morgan fingerprint density at radius 2 is 2.17 bits per heavy atom. The third-order valence-corrected chi connectivity index (χ3v) is 3.82. The van der Waals surface area contributed by atoms with Gasteiger partial charge in [-0.2, -0.15) is 0 Å². The molecule has 18 heavy (non-hydrogen) atoms. The van der Waals surface area contributed by atoms with E-state index in [4.69, 9.17) is 16.3 Å². The van der Waals surface area contributed by atoms with Gasteiger partial charge in [0.1, 0.15) is 5.82 Å². The average Bonchev–Trinajstić information content (AvgIpc) is 2.23. The van der Waals surface area contributed by atoms with Crippen LogP contribution >= 0.6 is 11.6 Å². The molecule has 1 aliphatic rings. The van der Waals surface area contributed by atoms with Crippen LogP contribution in [0.25, 0.3) is 0 Å². The molecule has 0 radical (unpaired) electrons. The van der Waals surface area contributed by atoms with Gasteiger partial charge in [0.2, 0.25) is 0 Å². The van der Waals surface area contributed by atoms with Crippen molar-refractivity contribution in [1.29, 1.82) is 0 Å². The second-order valence-corrected chi connectivity index (χ2v) is 4.72. The monoisotopic (exact) mass is 274 g/mol. The zero-order valence-corrected chi connectivity index (χ0v) is 10.4. The molecule has 0 heterocycles. The first kappa shape index (κ1) is 13.0. The van der Waals surface area contributed by atoms with Gasteiger partial charge in [-0.1, -0.05) is 18.0 Å². The minimum absolute atomic E-state index is 0.0305. The molecule has 1 aromatic carbocycles. The first-order valence-corrected chi connectivity index (χ1v) is 5.80. The highest BCUT2D eigenvalue weighted by Gasteiger charge is 2.50. The molecule has 2 N–H and O–H groups in total. The van der Waals surface area contributed by atoms with Crippen LogP contribution in [0.2, 0.25) is 5.02 Å². The Hall–Kier alpha value is -1.49. The minimum atomic E-state index is -1.26. The fraction of sp³-hybridized carbons (Fsp3) is 0.417. The molecule has 0 aliphatic heterocycles. The fourth-order valence-corrected chi connectivity index (χ4v) is 2.65. The number of phenols is 1. The zero-order chi connectivity index (χ0) is 13.5. The normalized spacial score (nSPS) is 17.1. The van der Waals surface area contributed by atoms with E-state index in [0.717, 1.165) is 6.07 Å². The summed E-state index contributed by atoms with van der Waals surface area (Å²) in [6, 6.07) is 0.818. The van der Waals surface area contributed by atoms with Gasteiger partial charge in [-0.05, 0) is 12.8 Å². The highest BCUT2D eigenvalue weighted by molar-refractivity contribution is 6.32. The molecule has 2 rings (SSSR count). The molecule has 0 aromatic heterocycles. The van der Waals surface area contributed by atoms with Gasteiger partial charge in [0.15, 0.2) is 11.5 Å². The van der Waals surface area contributed by atoms with Crippen molar-refractivity contribution in [2.24, 2.45) is 0 Å². The lowest BCUT2D eigenvalue weighted by Crippen LogP contribution is -2.43. The maximum absolute atomic E-state index is 13.6. The average molecular weight is 275 g/mol. The predicted octanol–water partition coefficient (Wildman–Crippen LogP) is 2.70. The van der Waals surface area contributed by atoms with Crippen LogP contribution in [0.3, 0.4) is 0 Å². The third-order valence-electron chi connectivity index (χ3n) is 3.45. The molecule has 0 amide bonds. The Bertz CT molecular complexity index is 511. The van der Waals surface area contributed by atoms with E-state index in [1.165, 1.54) is 7.11 Å². The molecule has 4 nitrogen and oxygen atoms in total. The van der Waals surface area contributed by atoms with E-state index in [0.29, 0.717) is 19.3 Å². The van der Waals surface area contributed by atoms with Crippen molar-refractivity contribution in [2.75, 3.05) is 7.11 Å². The zero-order valence-electron chi connectivity index (χ0n) is 9.67. The number of ether oxygens (including phenoxy) is 1. The molecule has 1 aliphatic carbocycles. The van der Waals surface area contributed by atoms with Crippen molar-refractivity contribution in [3.8, 4) is 11.5 Å². The van der Waals surface area contributed by atoms with Crippen molar-refractivity contribution in [3.63, 3.8) is 0 Å². The van der Waals surface area contributed by atoms with Gasteiger partial charge >= 0.3 is 5.97 Å². The Morgan fingerprint density at radius 1 is 1.56 bits per heavy atom. The number of methoxy groups -OCH3 is 1. The van der Waals surface area contributed by atoms with Gasteiger partial charge in [0.05, 0.1) is 17.5 Å². The third kappa shape index (κ3) is 1.61. The molecule has 98 valence electrons. The van der Waals surface area contributed by atoms with Crippen molar-refractivity contribution in [3.05, 3.63) is 22.5 Å². The molecule has 0 unspecified atom stereocenters. The summed E-state index contributed by atoms with van der Waals surface area (Å²) in [6.07, 6.45) is 1.41. The van der Waals surface area contributed by atoms with Crippen LogP contribution in [0.15, 0.2) is 6.07 Å². The van der Waals surface area contributed by atoms with Crippen LogP contribution in [0.4, 0.5) is 4.39 Å². The molecule has 6 heteroatoms. The summed E-state index contributed by atoms with van der Waals surface area (Å²) < 4.78 is 18.5. The van der Waals surface area contributed by atoms with E-state index < -0.39 is 23.0 Å². The highest BCUT2D eigenvalue weighted by atomic mass is 35.5. The number of carboxylic acids is 1. The number of halogens is 2. The largest absolute Gasteiger partial charge is 0.504 e. The van der Waals surface area contributed by atoms with Crippen LogP contribution in [-0.2, 0) is 10.2 Å². The van der Waals surface area contributed by atoms with Crippen LogP contribution in [0.1, 0.15) is 24.8 Å². The lowest BCUT2D eigenvalue weighted by molar-refractivity contribution is -0.147. The molecular weight excluding hydrogens is 263 g/mol. The van der Waals surface area contributed by atoms with E-state index >= 15 is 0 Å². The highest BCUT2D eigenvalue weighted by Crippen LogP contribution is 2.52. The standard InChI is InChI=1S/C12H12ClFO4/c1-18-10-7(15)5-6(14)9(13)8(10)12(11(16)17)3-2-4-12/h5,15H,2-4H2,1H3,(H,16,17). The summed E-state index contributed by atoms with van der Waals surface area (Å²) in [5, 5.41) is 18.7. The second kappa shape index (κ2) is 4.31. The Balaban J connectivity index is 2.72. The number of phenolic OH excluding ortho intramolecular Hbond substituents is 1. The molecule has 1 aromatic rings.